The van der Waals surface area contributed by atoms with Crippen molar-refractivity contribution in [3.05, 3.63) is 33.3 Å². The largest absolute Gasteiger partial charge is 0.823 e. The summed E-state index contributed by atoms with van der Waals surface area (Å²) in [6.45, 7) is 1.90. The van der Waals surface area contributed by atoms with E-state index < -0.39 is 0 Å². The van der Waals surface area contributed by atoms with E-state index in [-0.39, 0.29) is 5.48 Å². The fourth-order valence-corrected chi connectivity index (χ4v) is 4.28. The maximum atomic E-state index is 12.3. The molecule has 4 heteroatoms. The Labute approximate surface area is 120 Å². The standard InChI is InChI=1S/C14H17Cl2OP/c1-9-7-8-11(15)12(13(9)16)14(17)18-10-5-3-2-4-6-10/h7-8,10,17H,2-6H2,1H3/p-1. The number of aryl methyl sites for hydroxylation is 1. The van der Waals surface area contributed by atoms with Gasteiger partial charge in [-0.3, -0.25) is 0 Å². The SMILES string of the molecule is Cc1ccc(Cl)c(C([O-])=PC2CCCCC2)c1Cl. The molecule has 0 bridgehead atoms. The molecule has 0 radical (unpaired) electrons. The molecule has 1 saturated carbocycles. The Morgan fingerprint density at radius 2 is 1.89 bits per heavy atom. The van der Waals surface area contributed by atoms with Gasteiger partial charge in [0.15, 0.2) is 0 Å². The molecule has 2 rings (SSSR count). The molecule has 0 amide bonds. The molecule has 0 unspecified atom stereocenters. The highest BCUT2D eigenvalue weighted by molar-refractivity contribution is 7.41. The van der Waals surface area contributed by atoms with E-state index in [0.29, 0.717) is 21.3 Å². The van der Waals surface area contributed by atoms with Crippen molar-refractivity contribution in [2.24, 2.45) is 0 Å². The highest BCUT2D eigenvalue weighted by Crippen LogP contribution is 2.33. The van der Waals surface area contributed by atoms with Crippen LogP contribution in [-0.2, 0) is 0 Å². The second-order valence-electron chi connectivity index (χ2n) is 4.78. The Balaban J connectivity index is 2.30. The van der Waals surface area contributed by atoms with Crippen LogP contribution in [0.3, 0.4) is 0 Å². The molecule has 1 aliphatic rings. The second kappa shape index (κ2) is 6.39. The van der Waals surface area contributed by atoms with E-state index in [1.807, 2.05) is 13.0 Å². The number of hydrogen-bond donors (Lipinski definition) is 0. The molecule has 1 aliphatic carbocycles. The van der Waals surface area contributed by atoms with Crippen LogP contribution in [0.4, 0.5) is 0 Å². The molecule has 1 aromatic carbocycles. The number of rotatable bonds is 2. The average molecular weight is 302 g/mol. The minimum Gasteiger partial charge on any atom is -0.823 e. The first-order chi connectivity index (χ1) is 8.59. The molecule has 0 saturated heterocycles. The van der Waals surface area contributed by atoms with Gasteiger partial charge in [-0.05, 0) is 37.1 Å². The van der Waals surface area contributed by atoms with Crippen molar-refractivity contribution in [3.63, 3.8) is 0 Å². The van der Waals surface area contributed by atoms with E-state index in [0.717, 1.165) is 26.6 Å². The van der Waals surface area contributed by atoms with Crippen LogP contribution < -0.4 is 5.11 Å². The molecule has 1 aromatic rings. The lowest BCUT2D eigenvalue weighted by molar-refractivity contribution is -0.207. The quantitative estimate of drug-likeness (QED) is 0.742. The fourth-order valence-electron chi connectivity index (χ4n) is 2.29. The molecule has 0 N–H and O–H groups in total. The third-order valence-electron chi connectivity index (χ3n) is 3.37. The van der Waals surface area contributed by atoms with E-state index in [9.17, 15) is 5.11 Å². The maximum Gasteiger partial charge on any atom is 0.0515 e. The molecular weight excluding hydrogens is 286 g/mol. The zero-order valence-electron chi connectivity index (χ0n) is 10.4. The van der Waals surface area contributed by atoms with E-state index in [4.69, 9.17) is 23.2 Å². The van der Waals surface area contributed by atoms with Crippen LogP contribution in [0.25, 0.3) is 0 Å². The molecular formula is C14H16Cl2OP-. The highest BCUT2D eigenvalue weighted by atomic mass is 35.5. The van der Waals surface area contributed by atoms with Crippen LogP contribution in [-0.4, -0.2) is 11.1 Å². The number of halogens is 2. The predicted molar refractivity (Wildman–Crippen MR) is 79.1 cm³/mol. The maximum absolute atomic E-state index is 12.3. The Morgan fingerprint density at radius 1 is 1.22 bits per heavy atom. The van der Waals surface area contributed by atoms with E-state index in [1.54, 1.807) is 6.07 Å². The molecule has 1 fully saturated rings. The first-order valence-electron chi connectivity index (χ1n) is 6.29. The molecule has 98 valence electrons. The summed E-state index contributed by atoms with van der Waals surface area (Å²) in [5.74, 6) is 0. The Kier molecular flexibility index (Phi) is 5.09. The summed E-state index contributed by atoms with van der Waals surface area (Å²) in [5.41, 5.74) is 1.97. The lowest BCUT2D eigenvalue weighted by Gasteiger charge is -2.23. The van der Waals surface area contributed by atoms with Crippen molar-refractivity contribution in [2.75, 3.05) is 0 Å². The zero-order chi connectivity index (χ0) is 13.1. The third kappa shape index (κ3) is 3.27. The summed E-state index contributed by atoms with van der Waals surface area (Å²) < 4.78 is 0. The summed E-state index contributed by atoms with van der Waals surface area (Å²) in [5, 5.41) is 13.3. The monoisotopic (exact) mass is 301 g/mol. The minimum atomic E-state index is 0.0700. The summed E-state index contributed by atoms with van der Waals surface area (Å²) in [6, 6.07) is 3.60. The van der Waals surface area contributed by atoms with E-state index >= 15 is 0 Å². The van der Waals surface area contributed by atoms with Gasteiger partial charge in [0.2, 0.25) is 0 Å². The van der Waals surface area contributed by atoms with Crippen molar-refractivity contribution < 1.29 is 5.11 Å². The first-order valence-corrected chi connectivity index (χ1v) is 8.01. The van der Waals surface area contributed by atoms with Crippen molar-refractivity contribution in [1.82, 2.24) is 0 Å². The van der Waals surface area contributed by atoms with Crippen molar-refractivity contribution in [2.45, 2.75) is 44.7 Å². The highest BCUT2D eigenvalue weighted by Gasteiger charge is 2.13. The molecule has 1 nitrogen and oxygen atoms in total. The van der Waals surface area contributed by atoms with E-state index in [1.165, 1.54) is 19.3 Å². The molecule has 0 heterocycles. The summed E-state index contributed by atoms with van der Waals surface area (Å²) in [4.78, 5) is 0. The van der Waals surface area contributed by atoms with Gasteiger partial charge in [-0.15, -0.1) is 13.7 Å². The molecule has 0 spiro atoms. The third-order valence-corrected chi connectivity index (χ3v) is 5.51. The lowest BCUT2D eigenvalue weighted by atomic mass is 10.0. The smallest absolute Gasteiger partial charge is 0.0515 e. The van der Waals surface area contributed by atoms with Gasteiger partial charge in [-0.25, -0.2) is 0 Å². The predicted octanol–water partition coefficient (Wildman–Crippen LogP) is 4.42. The van der Waals surface area contributed by atoms with Gasteiger partial charge in [-0.2, -0.15) is 0 Å². The van der Waals surface area contributed by atoms with Gasteiger partial charge in [0.25, 0.3) is 0 Å². The van der Waals surface area contributed by atoms with Gasteiger partial charge < -0.3 is 5.11 Å². The van der Waals surface area contributed by atoms with Gasteiger partial charge in [0, 0.05) is 10.6 Å². The first kappa shape index (κ1) is 14.3. The Morgan fingerprint density at radius 3 is 2.56 bits per heavy atom. The van der Waals surface area contributed by atoms with Crippen LogP contribution in [0.1, 0.15) is 43.2 Å². The number of hydrogen-bond acceptors (Lipinski definition) is 1. The van der Waals surface area contributed by atoms with Gasteiger partial charge in [0.1, 0.15) is 0 Å². The average Bonchev–Trinajstić information content (AvgIpc) is 2.36. The van der Waals surface area contributed by atoms with Gasteiger partial charge >= 0.3 is 0 Å². The van der Waals surface area contributed by atoms with Crippen molar-refractivity contribution in [3.8, 4) is 0 Å². The Bertz CT molecular complexity index is 465. The molecule has 0 aliphatic heterocycles. The van der Waals surface area contributed by atoms with Crippen LogP contribution in [0.15, 0.2) is 12.1 Å². The summed E-state index contributed by atoms with van der Waals surface area (Å²) in [6.07, 6.45) is 6.06. The molecule has 0 aromatic heterocycles. The van der Waals surface area contributed by atoms with Crippen molar-refractivity contribution >= 4 is 36.9 Å². The van der Waals surface area contributed by atoms with E-state index in [2.05, 4.69) is 0 Å². The normalized spacial score (nSPS) is 18.1. The van der Waals surface area contributed by atoms with Gasteiger partial charge in [-0.1, -0.05) is 48.5 Å². The topological polar surface area (TPSA) is 23.1 Å². The second-order valence-corrected chi connectivity index (χ2v) is 6.96. The van der Waals surface area contributed by atoms with Gasteiger partial charge in [0.05, 0.1) is 5.02 Å². The van der Waals surface area contributed by atoms with Crippen LogP contribution in [0.2, 0.25) is 10.0 Å². The van der Waals surface area contributed by atoms with Crippen LogP contribution in [0, 0.1) is 6.92 Å². The van der Waals surface area contributed by atoms with Crippen LogP contribution >= 0.6 is 31.4 Å². The molecule has 18 heavy (non-hydrogen) atoms. The summed E-state index contributed by atoms with van der Waals surface area (Å²) in [7, 11) is 0.858. The fraction of sp³-hybridized carbons (Fsp3) is 0.500. The van der Waals surface area contributed by atoms with Crippen LogP contribution in [0.5, 0.6) is 0 Å². The lowest BCUT2D eigenvalue weighted by Crippen LogP contribution is -2.20. The summed E-state index contributed by atoms with van der Waals surface area (Å²) >= 11 is 12.3. The Hall–Kier alpha value is -0.0700. The van der Waals surface area contributed by atoms with Crippen molar-refractivity contribution in [1.29, 1.82) is 0 Å². The molecule has 0 atom stereocenters. The zero-order valence-corrected chi connectivity index (χ0v) is 12.8. The number of benzene rings is 1. The minimum absolute atomic E-state index is 0.0700.